The Morgan fingerprint density at radius 1 is 1.43 bits per heavy atom. The molecule has 0 aromatic heterocycles. The molecule has 0 saturated carbocycles. The average molecular weight is 196 g/mol. The smallest absolute Gasteiger partial charge is 0.304 e. The van der Waals surface area contributed by atoms with Crippen molar-refractivity contribution in [1.29, 1.82) is 0 Å². The third kappa shape index (κ3) is 2.26. The molecule has 1 rings (SSSR count). The Morgan fingerprint density at radius 2 is 2.00 bits per heavy atom. The van der Waals surface area contributed by atoms with Gasteiger partial charge in [0.15, 0.2) is 0 Å². The topological polar surface area (TPSA) is 33.5 Å². The quantitative estimate of drug-likeness (QED) is 0.719. The van der Waals surface area contributed by atoms with Gasteiger partial charge < -0.3 is 10.2 Å². The number of rotatable bonds is 2. The fourth-order valence-corrected chi connectivity index (χ4v) is 0.868. The van der Waals surface area contributed by atoms with E-state index in [-0.39, 0.29) is 0 Å². The number of nitrogens with zero attached hydrogens (tertiary/aromatic N) is 1. The van der Waals surface area contributed by atoms with Crippen LogP contribution in [0.4, 0.5) is 14.5 Å². The van der Waals surface area contributed by atoms with Crippen LogP contribution in [0.25, 0.3) is 4.85 Å². The summed E-state index contributed by atoms with van der Waals surface area (Å²) >= 11 is 0. The number of para-hydroxylation sites is 1. The first-order valence-electron chi connectivity index (χ1n) is 3.72. The number of amides is 1. The molecule has 0 aliphatic heterocycles. The minimum Gasteiger partial charge on any atom is -0.315 e. The summed E-state index contributed by atoms with van der Waals surface area (Å²) in [6, 6.07) is 3.24. The van der Waals surface area contributed by atoms with Crippen molar-refractivity contribution in [2.45, 2.75) is 0 Å². The second-order valence-electron chi connectivity index (χ2n) is 2.46. The number of hydrogen-bond acceptors (Lipinski definition) is 1. The van der Waals surface area contributed by atoms with Crippen LogP contribution in [-0.4, -0.2) is 12.5 Å². The van der Waals surface area contributed by atoms with Gasteiger partial charge in [-0.05, 0) is 12.1 Å². The molecule has 14 heavy (non-hydrogen) atoms. The summed E-state index contributed by atoms with van der Waals surface area (Å²) in [7, 11) is 0. The number of halogens is 2. The molecule has 0 saturated heterocycles. The van der Waals surface area contributed by atoms with Crippen LogP contribution >= 0.6 is 0 Å². The zero-order valence-electron chi connectivity index (χ0n) is 7.05. The van der Waals surface area contributed by atoms with Gasteiger partial charge >= 0.3 is 5.91 Å². The van der Waals surface area contributed by atoms with Crippen molar-refractivity contribution in [2.75, 3.05) is 11.9 Å². The van der Waals surface area contributed by atoms with Gasteiger partial charge in [0.05, 0.1) is 0 Å². The average Bonchev–Trinajstić information content (AvgIpc) is 2.12. The summed E-state index contributed by atoms with van der Waals surface area (Å²) in [6.07, 6.45) is 0. The third-order valence-electron chi connectivity index (χ3n) is 1.45. The van der Waals surface area contributed by atoms with Crippen molar-refractivity contribution in [2.24, 2.45) is 0 Å². The van der Waals surface area contributed by atoms with Gasteiger partial charge in [0.1, 0.15) is 17.3 Å². The van der Waals surface area contributed by atoms with Crippen molar-refractivity contribution in [1.82, 2.24) is 0 Å². The minimum atomic E-state index is -0.858. The van der Waals surface area contributed by atoms with E-state index in [4.69, 9.17) is 6.57 Å². The van der Waals surface area contributed by atoms with Crippen LogP contribution in [0.3, 0.4) is 0 Å². The molecule has 1 amide bonds. The zero-order chi connectivity index (χ0) is 10.6. The molecule has 5 heteroatoms. The Balaban J connectivity index is 2.87. The van der Waals surface area contributed by atoms with Gasteiger partial charge in [0.25, 0.3) is 6.54 Å². The first-order valence-corrected chi connectivity index (χ1v) is 3.72. The van der Waals surface area contributed by atoms with Crippen LogP contribution in [0.2, 0.25) is 0 Å². The molecule has 1 aromatic carbocycles. The van der Waals surface area contributed by atoms with Gasteiger partial charge in [-0.15, -0.1) is 0 Å². The molecule has 1 N–H and O–H groups in total. The Bertz CT molecular complexity index is 378. The third-order valence-corrected chi connectivity index (χ3v) is 1.45. The largest absolute Gasteiger partial charge is 0.315 e. The van der Waals surface area contributed by atoms with E-state index < -0.39 is 29.8 Å². The van der Waals surface area contributed by atoms with Crippen LogP contribution in [-0.2, 0) is 4.79 Å². The molecule has 72 valence electrons. The summed E-state index contributed by atoms with van der Waals surface area (Å²) < 4.78 is 25.8. The second kappa shape index (κ2) is 4.33. The molecule has 1 aromatic rings. The molecule has 0 heterocycles. The number of anilines is 1. The van der Waals surface area contributed by atoms with Crippen LogP contribution in [0, 0.1) is 18.2 Å². The molecular formula is C9H6F2N2O. The lowest BCUT2D eigenvalue weighted by molar-refractivity contribution is -0.114. The molecule has 0 aliphatic carbocycles. The number of benzene rings is 1. The maximum absolute atomic E-state index is 12.9. The molecule has 0 unspecified atom stereocenters. The predicted octanol–water partition coefficient (Wildman–Crippen LogP) is 1.82. The summed E-state index contributed by atoms with van der Waals surface area (Å²) in [6.45, 7) is 5.93. The second-order valence-corrected chi connectivity index (χ2v) is 2.46. The highest BCUT2D eigenvalue weighted by molar-refractivity contribution is 5.93. The summed E-state index contributed by atoms with van der Waals surface area (Å²) in [5.74, 6) is -2.45. The van der Waals surface area contributed by atoms with E-state index in [1.807, 2.05) is 5.32 Å². The molecule has 0 bridgehead atoms. The Labute approximate surface area is 79.2 Å². The van der Waals surface area contributed by atoms with E-state index in [2.05, 4.69) is 4.85 Å². The number of carbonyl (C=O) groups excluding carboxylic acids is 1. The van der Waals surface area contributed by atoms with E-state index >= 15 is 0 Å². The van der Waals surface area contributed by atoms with E-state index in [1.54, 1.807) is 0 Å². The van der Waals surface area contributed by atoms with Gasteiger partial charge in [-0.1, -0.05) is 6.07 Å². The molecule has 0 spiro atoms. The lowest BCUT2D eigenvalue weighted by Crippen LogP contribution is -2.15. The highest BCUT2D eigenvalue weighted by Gasteiger charge is 2.12. The number of hydrogen-bond donors (Lipinski definition) is 1. The predicted molar refractivity (Wildman–Crippen MR) is 46.5 cm³/mol. The summed E-state index contributed by atoms with van der Waals surface area (Å²) in [4.78, 5) is 13.6. The van der Waals surface area contributed by atoms with Crippen molar-refractivity contribution >= 4 is 11.6 Å². The van der Waals surface area contributed by atoms with Crippen LogP contribution in [0.1, 0.15) is 0 Å². The van der Waals surface area contributed by atoms with Crippen molar-refractivity contribution < 1.29 is 13.6 Å². The lowest BCUT2D eigenvalue weighted by atomic mass is 10.3. The lowest BCUT2D eigenvalue weighted by Gasteiger charge is -2.03. The van der Waals surface area contributed by atoms with E-state index in [0.29, 0.717) is 0 Å². The molecule has 0 aliphatic rings. The molecule has 0 fully saturated rings. The number of nitrogens with one attached hydrogen (secondary N) is 1. The van der Waals surface area contributed by atoms with Gasteiger partial charge in [-0.3, -0.25) is 4.79 Å². The fourth-order valence-electron chi connectivity index (χ4n) is 0.868. The van der Waals surface area contributed by atoms with E-state index in [9.17, 15) is 13.6 Å². The monoisotopic (exact) mass is 196 g/mol. The summed E-state index contributed by atoms with van der Waals surface area (Å²) in [5, 5.41) is 1.98. The van der Waals surface area contributed by atoms with Crippen molar-refractivity contribution in [3.63, 3.8) is 0 Å². The Kier molecular flexibility index (Phi) is 3.13. The van der Waals surface area contributed by atoms with Gasteiger partial charge in [0.2, 0.25) is 0 Å². The van der Waals surface area contributed by atoms with E-state index in [1.165, 1.54) is 6.07 Å². The normalized spacial score (nSPS) is 9.21. The van der Waals surface area contributed by atoms with Crippen LogP contribution in [0.15, 0.2) is 18.2 Å². The first kappa shape index (κ1) is 10.1. The molecule has 3 nitrogen and oxygen atoms in total. The molecule has 0 atom stereocenters. The first-order chi connectivity index (χ1) is 6.65. The summed E-state index contributed by atoms with van der Waals surface area (Å²) in [5.41, 5.74) is -0.513. The molecule has 0 radical (unpaired) electrons. The highest BCUT2D eigenvalue weighted by Crippen LogP contribution is 2.17. The minimum absolute atomic E-state index is 0.451. The number of carbonyl (C=O) groups is 1. The van der Waals surface area contributed by atoms with Crippen LogP contribution < -0.4 is 5.32 Å². The maximum Gasteiger partial charge on any atom is 0.304 e. The zero-order valence-corrected chi connectivity index (χ0v) is 7.05. The van der Waals surface area contributed by atoms with Gasteiger partial charge in [-0.25, -0.2) is 15.4 Å². The van der Waals surface area contributed by atoms with Gasteiger partial charge in [0, 0.05) is 0 Å². The van der Waals surface area contributed by atoms with Crippen molar-refractivity contribution in [3.8, 4) is 0 Å². The van der Waals surface area contributed by atoms with Crippen LogP contribution in [0.5, 0.6) is 0 Å². The maximum atomic E-state index is 12.9. The Morgan fingerprint density at radius 3 is 2.50 bits per heavy atom. The Hall–Kier alpha value is -1.96. The van der Waals surface area contributed by atoms with Gasteiger partial charge in [-0.2, -0.15) is 0 Å². The standard InChI is InChI=1S/C9H6F2N2O/c1-12-5-8(14)13-9-6(10)3-2-4-7(9)11/h2-4H,5H2,(H,13,14). The SMILES string of the molecule is [C-]#[N+]CC(=O)Nc1c(F)cccc1F. The fraction of sp³-hybridized carbons (Fsp3) is 0.111. The van der Waals surface area contributed by atoms with Crippen molar-refractivity contribution in [3.05, 3.63) is 41.3 Å². The highest BCUT2D eigenvalue weighted by atomic mass is 19.1. The molecular weight excluding hydrogens is 190 g/mol. The van der Waals surface area contributed by atoms with E-state index in [0.717, 1.165) is 12.1 Å².